The number of ether oxygens (including phenoxy) is 2. The Morgan fingerprint density at radius 2 is 2.13 bits per heavy atom. The summed E-state index contributed by atoms with van der Waals surface area (Å²) in [5.41, 5.74) is 0.701. The van der Waals surface area contributed by atoms with E-state index in [1.807, 2.05) is 0 Å². The zero-order chi connectivity index (χ0) is 16.9. The van der Waals surface area contributed by atoms with E-state index < -0.39 is 6.36 Å². The number of esters is 1. The maximum absolute atomic E-state index is 12.2. The molecule has 0 spiro atoms. The van der Waals surface area contributed by atoms with E-state index in [-0.39, 0.29) is 23.7 Å². The Hall–Kier alpha value is -1.76. The van der Waals surface area contributed by atoms with Crippen molar-refractivity contribution in [2.24, 2.45) is 5.92 Å². The average Bonchev–Trinajstić information content (AvgIpc) is 2.51. The molecule has 1 aromatic rings. The number of carbonyl (C=O) groups excluding carboxylic acids is 1. The van der Waals surface area contributed by atoms with E-state index in [4.69, 9.17) is 4.74 Å². The highest BCUT2D eigenvalue weighted by Gasteiger charge is 2.31. The van der Waals surface area contributed by atoms with Crippen LogP contribution in [0.1, 0.15) is 31.2 Å². The monoisotopic (exact) mass is 331 g/mol. The number of nitrogens with one attached hydrogen (secondary N) is 1. The van der Waals surface area contributed by atoms with Gasteiger partial charge in [-0.05, 0) is 37.0 Å². The van der Waals surface area contributed by atoms with Crippen LogP contribution >= 0.6 is 0 Å². The van der Waals surface area contributed by atoms with E-state index in [0.717, 1.165) is 19.3 Å². The first-order valence-corrected chi connectivity index (χ1v) is 7.53. The van der Waals surface area contributed by atoms with Gasteiger partial charge in [-0.15, -0.1) is 13.2 Å². The van der Waals surface area contributed by atoms with Gasteiger partial charge in [-0.2, -0.15) is 0 Å². The molecule has 128 valence electrons. The Morgan fingerprint density at radius 1 is 1.35 bits per heavy atom. The summed E-state index contributed by atoms with van der Waals surface area (Å²) in [5.74, 6) is -0.531. The highest BCUT2D eigenvalue weighted by Crippen LogP contribution is 2.26. The predicted octanol–water partition coefficient (Wildman–Crippen LogP) is 3.41. The summed E-state index contributed by atoms with van der Waals surface area (Å²) >= 11 is 0. The molecule has 1 aromatic carbocycles. The highest BCUT2D eigenvalue weighted by atomic mass is 19.4. The maximum atomic E-state index is 12.2. The third-order valence-electron chi connectivity index (χ3n) is 3.94. The molecule has 0 aromatic heterocycles. The molecule has 0 heterocycles. The molecular weight excluding hydrogens is 311 g/mol. The number of methoxy groups -OCH3 is 1. The van der Waals surface area contributed by atoms with E-state index in [9.17, 15) is 18.0 Å². The fourth-order valence-electron chi connectivity index (χ4n) is 2.87. The van der Waals surface area contributed by atoms with Gasteiger partial charge < -0.3 is 14.8 Å². The number of rotatable bonds is 5. The molecule has 0 radical (unpaired) electrons. The molecule has 7 heteroatoms. The normalized spacial score (nSPS) is 21.7. The molecule has 1 fully saturated rings. The molecule has 23 heavy (non-hydrogen) atoms. The van der Waals surface area contributed by atoms with E-state index in [1.54, 1.807) is 6.07 Å². The van der Waals surface area contributed by atoms with Gasteiger partial charge in [0.2, 0.25) is 0 Å². The Kier molecular flexibility index (Phi) is 5.87. The SMILES string of the molecule is COC(=O)C1CCCC(NCc2cccc(OC(F)(F)F)c2)C1. The van der Waals surface area contributed by atoms with Crippen LogP contribution in [0.25, 0.3) is 0 Å². The molecule has 1 N–H and O–H groups in total. The summed E-state index contributed by atoms with van der Waals surface area (Å²) in [6.07, 6.45) is -1.32. The van der Waals surface area contributed by atoms with Crippen LogP contribution in [0.5, 0.6) is 5.75 Å². The van der Waals surface area contributed by atoms with Gasteiger partial charge in [0.05, 0.1) is 13.0 Å². The minimum Gasteiger partial charge on any atom is -0.469 e. The fraction of sp³-hybridized carbons (Fsp3) is 0.562. The van der Waals surface area contributed by atoms with Gasteiger partial charge in [0, 0.05) is 12.6 Å². The second kappa shape index (κ2) is 7.68. The molecule has 1 aliphatic rings. The molecule has 0 amide bonds. The summed E-state index contributed by atoms with van der Waals surface area (Å²) in [6, 6.07) is 6.04. The average molecular weight is 331 g/mol. The second-order valence-corrected chi connectivity index (χ2v) is 5.66. The number of carbonyl (C=O) groups is 1. The van der Waals surface area contributed by atoms with Gasteiger partial charge in [0.15, 0.2) is 0 Å². The molecule has 2 rings (SSSR count). The number of alkyl halides is 3. The van der Waals surface area contributed by atoms with Crippen molar-refractivity contribution < 1.29 is 27.4 Å². The van der Waals surface area contributed by atoms with E-state index in [0.29, 0.717) is 18.5 Å². The van der Waals surface area contributed by atoms with Crippen molar-refractivity contribution in [1.29, 1.82) is 0 Å². The number of benzene rings is 1. The fourth-order valence-corrected chi connectivity index (χ4v) is 2.87. The molecule has 4 nitrogen and oxygen atoms in total. The first kappa shape index (κ1) is 17.6. The lowest BCUT2D eigenvalue weighted by Crippen LogP contribution is -2.36. The first-order chi connectivity index (χ1) is 10.9. The summed E-state index contributed by atoms with van der Waals surface area (Å²) in [6.45, 7) is 0.424. The molecule has 2 unspecified atom stereocenters. The largest absolute Gasteiger partial charge is 0.573 e. The van der Waals surface area contributed by atoms with Crippen molar-refractivity contribution in [1.82, 2.24) is 5.32 Å². The zero-order valence-corrected chi connectivity index (χ0v) is 12.9. The lowest BCUT2D eigenvalue weighted by atomic mass is 9.85. The van der Waals surface area contributed by atoms with Crippen molar-refractivity contribution in [3.63, 3.8) is 0 Å². The number of hydrogen-bond acceptors (Lipinski definition) is 4. The van der Waals surface area contributed by atoms with Crippen LogP contribution in [-0.2, 0) is 16.1 Å². The summed E-state index contributed by atoms with van der Waals surface area (Å²) < 4.78 is 45.3. The van der Waals surface area contributed by atoms with Crippen molar-refractivity contribution in [2.75, 3.05) is 7.11 Å². The molecular formula is C16H20F3NO3. The van der Waals surface area contributed by atoms with Crippen LogP contribution in [0, 0.1) is 5.92 Å². The minimum absolute atomic E-state index is 0.105. The van der Waals surface area contributed by atoms with E-state index in [2.05, 4.69) is 10.1 Å². The highest BCUT2D eigenvalue weighted by molar-refractivity contribution is 5.72. The third kappa shape index (κ3) is 5.74. The van der Waals surface area contributed by atoms with Crippen LogP contribution < -0.4 is 10.1 Å². The van der Waals surface area contributed by atoms with Crippen molar-refractivity contribution >= 4 is 5.97 Å². The quantitative estimate of drug-likeness (QED) is 0.840. The molecule has 2 atom stereocenters. The van der Waals surface area contributed by atoms with E-state index in [1.165, 1.54) is 25.3 Å². The van der Waals surface area contributed by atoms with Gasteiger partial charge in [-0.1, -0.05) is 18.6 Å². The smallest absolute Gasteiger partial charge is 0.469 e. The number of halogens is 3. The summed E-state index contributed by atoms with van der Waals surface area (Å²) in [4.78, 5) is 11.6. The lowest BCUT2D eigenvalue weighted by Gasteiger charge is -2.28. The summed E-state index contributed by atoms with van der Waals surface area (Å²) in [5, 5.41) is 3.29. The van der Waals surface area contributed by atoms with Crippen LogP contribution in [0.2, 0.25) is 0 Å². The third-order valence-corrected chi connectivity index (χ3v) is 3.94. The van der Waals surface area contributed by atoms with Gasteiger partial charge in [-0.3, -0.25) is 4.79 Å². The number of hydrogen-bond donors (Lipinski definition) is 1. The predicted molar refractivity (Wildman–Crippen MR) is 77.7 cm³/mol. The standard InChI is InChI=1S/C16H20F3NO3/c1-22-15(21)12-5-3-6-13(9-12)20-10-11-4-2-7-14(8-11)23-16(17,18)19/h2,4,7-8,12-13,20H,3,5-6,9-10H2,1H3. The molecule has 0 bridgehead atoms. The van der Waals surface area contributed by atoms with Gasteiger partial charge in [0.25, 0.3) is 0 Å². The molecule has 1 aliphatic carbocycles. The zero-order valence-electron chi connectivity index (χ0n) is 12.9. The van der Waals surface area contributed by atoms with E-state index >= 15 is 0 Å². The summed E-state index contributed by atoms with van der Waals surface area (Å²) in [7, 11) is 1.38. The Balaban J connectivity index is 1.88. The minimum atomic E-state index is -4.69. The first-order valence-electron chi connectivity index (χ1n) is 7.53. The van der Waals surface area contributed by atoms with Crippen LogP contribution in [-0.4, -0.2) is 25.5 Å². The lowest BCUT2D eigenvalue weighted by molar-refractivity contribution is -0.274. The van der Waals surface area contributed by atoms with Crippen LogP contribution in [0.3, 0.4) is 0 Å². The Bertz CT molecular complexity index is 534. The van der Waals surface area contributed by atoms with Crippen molar-refractivity contribution in [3.8, 4) is 5.75 Å². The second-order valence-electron chi connectivity index (χ2n) is 5.66. The van der Waals surface area contributed by atoms with Crippen LogP contribution in [0.4, 0.5) is 13.2 Å². The Labute approximate surface area is 133 Å². The maximum Gasteiger partial charge on any atom is 0.573 e. The van der Waals surface area contributed by atoms with Crippen molar-refractivity contribution in [2.45, 2.75) is 44.6 Å². The van der Waals surface area contributed by atoms with Crippen LogP contribution in [0.15, 0.2) is 24.3 Å². The van der Waals surface area contributed by atoms with Gasteiger partial charge in [-0.25, -0.2) is 0 Å². The Morgan fingerprint density at radius 3 is 2.83 bits per heavy atom. The van der Waals surface area contributed by atoms with Crippen molar-refractivity contribution in [3.05, 3.63) is 29.8 Å². The molecule has 0 aliphatic heterocycles. The van der Waals surface area contributed by atoms with Gasteiger partial charge >= 0.3 is 12.3 Å². The molecule has 1 saturated carbocycles. The topological polar surface area (TPSA) is 47.6 Å². The van der Waals surface area contributed by atoms with Gasteiger partial charge in [0.1, 0.15) is 5.75 Å². The molecule has 0 saturated heterocycles.